The van der Waals surface area contributed by atoms with E-state index >= 15 is 0 Å². The Kier molecular flexibility index (Phi) is 4.44. The first-order valence-corrected chi connectivity index (χ1v) is 8.80. The van der Waals surface area contributed by atoms with Gasteiger partial charge in [0, 0.05) is 17.8 Å². The lowest BCUT2D eigenvalue weighted by Gasteiger charge is -2.34. The number of benzene rings is 2. The van der Waals surface area contributed by atoms with Gasteiger partial charge < -0.3 is 10.1 Å². The molecule has 1 aliphatic rings. The highest BCUT2D eigenvalue weighted by Crippen LogP contribution is 2.43. The maximum Gasteiger partial charge on any atom is 0.228 e. The molecule has 0 bridgehead atoms. The van der Waals surface area contributed by atoms with Gasteiger partial charge in [0.15, 0.2) is 0 Å². The molecule has 0 aliphatic heterocycles. The van der Waals surface area contributed by atoms with Gasteiger partial charge in [0.1, 0.15) is 11.4 Å². The predicted molar refractivity (Wildman–Crippen MR) is 101 cm³/mol. The summed E-state index contributed by atoms with van der Waals surface area (Å²) >= 11 is 0. The monoisotopic (exact) mass is 347 g/mol. The van der Waals surface area contributed by atoms with E-state index in [0.29, 0.717) is 0 Å². The second-order valence-electron chi connectivity index (χ2n) is 6.54. The Balaban J connectivity index is 1.50. The molecule has 0 saturated heterocycles. The zero-order chi connectivity index (χ0) is 17.9. The minimum absolute atomic E-state index is 0.00877. The molecule has 5 heteroatoms. The summed E-state index contributed by atoms with van der Waals surface area (Å²) in [5, 5.41) is 7.49. The van der Waals surface area contributed by atoms with Crippen LogP contribution in [0, 0.1) is 5.92 Å². The van der Waals surface area contributed by atoms with Crippen LogP contribution < -0.4 is 10.1 Å². The SMILES string of the molecule is COc1ccccc1-n1cc(C2CCC2C(=O)Nc2ccccc2)cn1. The summed E-state index contributed by atoms with van der Waals surface area (Å²) in [6.07, 6.45) is 5.78. The number of hydrogen-bond donors (Lipinski definition) is 1. The van der Waals surface area contributed by atoms with E-state index in [1.807, 2.05) is 71.7 Å². The van der Waals surface area contributed by atoms with Gasteiger partial charge in [-0.2, -0.15) is 5.10 Å². The Bertz CT molecular complexity index is 904. The van der Waals surface area contributed by atoms with Gasteiger partial charge in [-0.15, -0.1) is 0 Å². The van der Waals surface area contributed by atoms with Crippen LogP contribution in [0.1, 0.15) is 24.3 Å². The fourth-order valence-corrected chi connectivity index (χ4v) is 3.45. The first kappa shape index (κ1) is 16.4. The van der Waals surface area contributed by atoms with Gasteiger partial charge in [-0.05, 0) is 48.6 Å². The second-order valence-corrected chi connectivity index (χ2v) is 6.54. The predicted octanol–water partition coefficient (Wildman–Crippen LogP) is 4.01. The van der Waals surface area contributed by atoms with E-state index in [0.717, 1.165) is 35.5 Å². The first-order chi connectivity index (χ1) is 12.8. The van der Waals surface area contributed by atoms with Gasteiger partial charge in [0.05, 0.1) is 13.3 Å². The molecule has 4 rings (SSSR count). The number of aromatic nitrogens is 2. The molecule has 2 atom stereocenters. The molecular formula is C21H21N3O2. The number of hydrogen-bond acceptors (Lipinski definition) is 3. The van der Waals surface area contributed by atoms with Crippen molar-refractivity contribution < 1.29 is 9.53 Å². The van der Waals surface area contributed by atoms with Gasteiger partial charge in [-0.25, -0.2) is 4.68 Å². The van der Waals surface area contributed by atoms with E-state index < -0.39 is 0 Å². The molecule has 2 aromatic carbocycles. The van der Waals surface area contributed by atoms with Gasteiger partial charge in [0.2, 0.25) is 5.91 Å². The van der Waals surface area contributed by atoms with Crippen molar-refractivity contribution in [1.29, 1.82) is 0 Å². The number of carbonyl (C=O) groups is 1. The molecular weight excluding hydrogens is 326 g/mol. The number of anilines is 1. The Morgan fingerprint density at radius 1 is 1.12 bits per heavy atom. The van der Waals surface area contributed by atoms with Crippen molar-refractivity contribution in [2.75, 3.05) is 12.4 Å². The van der Waals surface area contributed by atoms with E-state index in [1.54, 1.807) is 7.11 Å². The second kappa shape index (κ2) is 7.04. The average molecular weight is 347 g/mol. The van der Waals surface area contributed by atoms with E-state index in [1.165, 1.54) is 0 Å². The molecule has 1 fully saturated rings. The average Bonchev–Trinajstić information content (AvgIpc) is 3.10. The standard InChI is InChI=1S/C21H21N3O2/c1-26-20-10-6-5-9-19(20)24-14-15(13-22-24)17-11-12-18(17)21(25)23-16-7-3-2-4-8-16/h2-10,13-14,17-18H,11-12H2,1H3,(H,23,25). The van der Waals surface area contributed by atoms with Crippen LogP contribution in [-0.2, 0) is 4.79 Å². The fraction of sp³-hybridized carbons (Fsp3) is 0.238. The smallest absolute Gasteiger partial charge is 0.228 e. The van der Waals surface area contributed by atoms with Crippen molar-refractivity contribution in [2.45, 2.75) is 18.8 Å². The lowest BCUT2D eigenvalue weighted by Crippen LogP contribution is -2.35. The van der Waals surface area contributed by atoms with Crippen molar-refractivity contribution in [3.8, 4) is 11.4 Å². The summed E-state index contributed by atoms with van der Waals surface area (Å²) in [6.45, 7) is 0. The van der Waals surface area contributed by atoms with Crippen LogP contribution in [0.5, 0.6) is 5.75 Å². The van der Waals surface area contributed by atoms with Crippen molar-refractivity contribution in [1.82, 2.24) is 9.78 Å². The summed E-state index contributed by atoms with van der Waals surface area (Å²) < 4.78 is 7.23. The Labute approximate surface area is 152 Å². The van der Waals surface area contributed by atoms with Crippen LogP contribution in [0.4, 0.5) is 5.69 Å². The van der Waals surface area contributed by atoms with Gasteiger partial charge >= 0.3 is 0 Å². The highest BCUT2D eigenvalue weighted by molar-refractivity contribution is 5.93. The number of carbonyl (C=O) groups excluding carboxylic acids is 1. The maximum atomic E-state index is 12.6. The summed E-state index contributed by atoms with van der Waals surface area (Å²) in [6, 6.07) is 17.4. The number of para-hydroxylation sites is 3. The molecule has 5 nitrogen and oxygen atoms in total. The van der Waals surface area contributed by atoms with Crippen LogP contribution in [0.3, 0.4) is 0 Å². The highest BCUT2D eigenvalue weighted by Gasteiger charge is 2.38. The molecule has 2 unspecified atom stereocenters. The number of amides is 1. The highest BCUT2D eigenvalue weighted by atomic mass is 16.5. The molecule has 1 saturated carbocycles. The molecule has 132 valence electrons. The van der Waals surface area contributed by atoms with Gasteiger partial charge in [0.25, 0.3) is 0 Å². The Morgan fingerprint density at radius 2 is 1.88 bits per heavy atom. The molecule has 1 heterocycles. The summed E-state index contributed by atoms with van der Waals surface area (Å²) in [4.78, 5) is 12.6. The first-order valence-electron chi connectivity index (χ1n) is 8.80. The molecule has 1 amide bonds. The molecule has 1 N–H and O–H groups in total. The number of methoxy groups -OCH3 is 1. The number of nitrogens with zero attached hydrogens (tertiary/aromatic N) is 2. The lowest BCUT2D eigenvalue weighted by molar-refractivity contribution is -0.123. The maximum absolute atomic E-state index is 12.6. The Hall–Kier alpha value is -3.08. The van der Waals surface area contributed by atoms with Crippen LogP contribution >= 0.6 is 0 Å². The van der Waals surface area contributed by atoms with Gasteiger partial charge in [-0.1, -0.05) is 30.3 Å². The van der Waals surface area contributed by atoms with Gasteiger partial charge in [-0.3, -0.25) is 4.79 Å². The normalized spacial score (nSPS) is 18.8. The Morgan fingerprint density at radius 3 is 2.62 bits per heavy atom. The van der Waals surface area contributed by atoms with Crippen LogP contribution in [-0.4, -0.2) is 22.8 Å². The van der Waals surface area contributed by atoms with Crippen molar-refractivity contribution >= 4 is 11.6 Å². The topological polar surface area (TPSA) is 56.1 Å². The van der Waals surface area contributed by atoms with E-state index in [-0.39, 0.29) is 17.7 Å². The largest absolute Gasteiger partial charge is 0.494 e. The lowest BCUT2D eigenvalue weighted by atomic mass is 9.70. The fourth-order valence-electron chi connectivity index (χ4n) is 3.45. The molecule has 1 aromatic heterocycles. The summed E-state index contributed by atoms with van der Waals surface area (Å²) in [7, 11) is 1.65. The van der Waals surface area contributed by atoms with Crippen LogP contribution in [0.2, 0.25) is 0 Å². The minimum atomic E-state index is -0.00877. The minimum Gasteiger partial charge on any atom is -0.494 e. The molecule has 26 heavy (non-hydrogen) atoms. The zero-order valence-corrected chi connectivity index (χ0v) is 14.6. The summed E-state index contributed by atoms with van der Waals surface area (Å²) in [5.41, 5.74) is 2.83. The van der Waals surface area contributed by atoms with E-state index in [2.05, 4.69) is 10.4 Å². The van der Waals surface area contributed by atoms with E-state index in [4.69, 9.17) is 4.74 Å². The molecule has 1 aliphatic carbocycles. The van der Waals surface area contributed by atoms with Crippen molar-refractivity contribution in [3.05, 3.63) is 72.6 Å². The molecule has 0 radical (unpaired) electrons. The van der Waals surface area contributed by atoms with Crippen LogP contribution in [0.25, 0.3) is 5.69 Å². The molecule has 0 spiro atoms. The number of ether oxygens (including phenoxy) is 1. The van der Waals surface area contributed by atoms with Crippen LogP contribution in [0.15, 0.2) is 67.0 Å². The van der Waals surface area contributed by atoms with E-state index in [9.17, 15) is 4.79 Å². The zero-order valence-electron chi connectivity index (χ0n) is 14.6. The summed E-state index contributed by atoms with van der Waals surface area (Å²) in [5.74, 6) is 1.05. The quantitative estimate of drug-likeness (QED) is 0.758. The third-order valence-electron chi connectivity index (χ3n) is 5.02. The molecule has 3 aromatic rings. The van der Waals surface area contributed by atoms with Crippen molar-refractivity contribution in [2.24, 2.45) is 5.92 Å². The van der Waals surface area contributed by atoms with Crippen molar-refractivity contribution in [3.63, 3.8) is 0 Å². The number of nitrogens with one attached hydrogen (secondary N) is 1. The third-order valence-corrected chi connectivity index (χ3v) is 5.02. The number of rotatable bonds is 5. The third kappa shape index (κ3) is 3.08.